The van der Waals surface area contributed by atoms with Crippen LogP contribution in [0.3, 0.4) is 0 Å². The number of rotatable bonds is 6. The molecule has 0 bridgehead atoms. The Hall–Kier alpha value is -4.04. The van der Waals surface area contributed by atoms with Crippen molar-refractivity contribution in [2.45, 2.75) is 6.04 Å². The van der Waals surface area contributed by atoms with Crippen molar-refractivity contribution in [1.82, 2.24) is 0 Å². The molecule has 1 fully saturated rings. The Balaban J connectivity index is 1.96. The minimum absolute atomic E-state index is 0.146. The molecular formula is C26H21ClFNO6. The zero-order valence-electron chi connectivity index (χ0n) is 19.0. The summed E-state index contributed by atoms with van der Waals surface area (Å²) in [5.74, 6) is -1.50. The van der Waals surface area contributed by atoms with Gasteiger partial charge < -0.3 is 19.3 Å². The van der Waals surface area contributed by atoms with Gasteiger partial charge in [0.2, 0.25) is 0 Å². The number of carbonyl (C=O) groups excluding carboxylic acids is 2. The number of anilines is 1. The van der Waals surface area contributed by atoms with E-state index in [0.717, 1.165) is 6.07 Å². The quantitative estimate of drug-likeness (QED) is 0.289. The van der Waals surface area contributed by atoms with E-state index in [1.54, 1.807) is 42.5 Å². The second kappa shape index (κ2) is 9.68. The van der Waals surface area contributed by atoms with Crippen molar-refractivity contribution in [3.05, 3.63) is 88.2 Å². The van der Waals surface area contributed by atoms with Crippen molar-refractivity contribution in [2.75, 3.05) is 26.2 Å². The molecule has 0 saturated carbocycles. The molecule has 35 heavy (non-hydrogen) atoms. The zero-order valence-corrected chi connectivity index (χ0v) is 19.8. The smallest absolute Gasteiger partial charge is 0.300 e. The lowest BCUT2D eigenvalue weighted by atomic mass is 9.94. The molecule has 1 heterocycles. The summed E-state index contributed by atoms with van der Waals surface area (Å²) in [5, 5.41) is 11.0. The first-order valence-electron chi connectivity index (χ1n) is 10.4. The van der Waals surface area contributed by atoms with E-state index in [1.165, 1.54) is 38.4 Å². The molecule has 1 unspecified atom stereocenters. The van der Waals surface area contributed by atoms with Gasteiger partial charge in [-0.3, -0.25) is 14.5 Å². The van der Waals surface area contributed by atoms with E-state index in [1.807, 2.05) is 0 Å². The lowest BCUT2D eigenvalue weighted by Crippen LogP contribution is -2.29. The summed E-state index contributed by atoms with van der Waals surface area (Å²) in [6.07, 6.45) is 0. The van der Waals surface area contributed by atoms with E-state index in [4.69, 9.17) is 25.8 Å². The van der Waals surface area contributed by atoms with Crippen molar-refractivity contribution < 1.29 is 33.3 Å². The van der Waals surface area contributed by atoms with Crippen molar-refractivity contribution in [1.29, 1.82) is 0 Å². The number of hydrogen-bond donors (Lipinski definition) is 1. The maximum atomic E-state index is 13.9. The molecule has 1 saturated heterocycles. The third kappa shape index (κ3) is 4.28. The molecule has 4 rings (SSSR count). The summed E-state index contributed by atoms with van der Waals surface area (Å²) in [6.45, 7) is 0. The highest BCUT2D eigenvalue weighted by atomic mass is 35.5. The monoisotopic (exact) mass is 497 g/mol. The van der Waals surface area contributed by atoms with Crippen LogP contribution in [0.4, 0.5) is 10.1 Å². The standard InChI is InChI=1S/C26H21ClFNO6/c1-33-17-8-4-14(5-9-17)24(30)22-23(15-6-11-20(34-2)21(12-15)35-3)29(26(32)25(22)31)16-7-10-19(28)18(27)13-16/h4-13,23,30H,1-3H3/b24-22+. The van der Waals surface area contributed by atoms with Crippen molar-refractivity contribution in [3.63, 3.8) is 0 Å². The number of carbonyl (C=O) groups is 2. The van der Waals surface area contributed by atoms with E-state index in [9.17, 15) is 19.1 Å². The molecule has 0 aliphatic carbocycles. The lowest BCUT2D eigenvalue weighted by Gasteiger charge is -2.26. The number of ketones is 1. The lowest BCUT2D eigenvalue weighted by molar-refractivity contribution is -0.132. The molecule has 0 radical (unpaired) electrons. The topological polar surface area (TPSA) is 85.3 Å². The minimum atomic E-state index is -1.06. The number of Topliss-reactive ketones (excluding diaryl/α,β-unsaturated/α-hetero) is 1. The Kier molecular flexibility index (Phi) is 6.66. The molecule has 7 nitrogen and oxygen atoms in total. The largest absolute Gasteiger partial charge is 0.507 e. The van der Waals surface area contributed by atoms with Gasteiger partial charge in [-0.15, -0.1) is 0 Å². The van der Waals surface area contributed by atoms with E-state index in [0.29, 0.717) is 28.4 Å². The first kappa shape index (κ1) is 24.1. The minimum Gasteiger partial charge on any atom is -0.507 e. The number of methoxy groups -OCH3 is 3. The number of benzene rings is 3. The first-order chi connectivity index (χ1) is 16.8. The van der Waals surface area contributed by atoms with Gasteiger partial charge >= 0.3 is 0 Å². The summed E-state index contributed by atoms with van der Waals surface area (Å²) in [4.78, 5) is 27.6. The molecule has 3 aromatic rings. The molecule has 3 aromatic carbocycles. The van der Waals surface area contributed by atoms with Crippen LogP contribution in [0.2, 0.25) is 5.02 Å². The molecule has 9 heteroatoms. The van der Waals surface area contributed by atoms with Crippen LogP contribution in [0.1, 0.15) is 17.2 Å². The molecule has 1 amide bonds. The number of amides is 1. The molecule has 1 atom stereocenters. The average molecular weight is 498 g/mol. The summed E-state index contributed by atoms with van der Waals surface area (Å²) >= 11 is 5.97. The predicted octanol–water partition coefficient (Wildman–Crippen LogP) is 5.13. The second-order valence-electron chi connectivity index (χ2n) is 7.61. The van der Waals surface area contributed by atoms with Crippen LogP contribution in [0, 0.1) is 5.82 Å². The number of halogens is 2. The summed E-state index contributed by atoms with van der Waals surface area (Å²) in [6, 6.07) is 13.9. The van der Waals surface area contributed by atoms with Gasteiger partial charge in [0.25, 0.3) is 11.7 Å². The Morgan fingerprint density at radius 3 is 2.20 bits per heavy atom. The van der Waals surface area contributed by atoms with E-state index >= 15 is 0 Å². The van der Waals surface area contributed by atoms with Crippen molar-refractivity contribution in [3.8, 4) is 17.2 Å². The van der Waals surface area contributed by atoms with Gasteiger partial charge in [0.05, 0.1) is 38.0 Å². The number of ether oxygens (including phenoxy) is 3. The first-order valence-corrected chi connectivity index (χ1v) is 10.8. The second-order valence-corrected chi connectivity index (χ2v) is 8.02. The third-order valence-corrected chi connectivity index (χ3v) is 6.00. The van der Waals surface area contributed by atoms with Gasteiger partial charge in [0.1, 0.15) is 17.3 Å². The summed E-state index contributed by atoms with van der Waals surface area (Å²) < 4.78 is 29.7. The fourth-order valence-electron chi connectivity index (χ4n) is 3.98. The normalized spacial score (nSPS) is 16.9. The van der Waals surface area contributed by atoms with E-state index in [2.05, 4.69) is 0 Å². The van der Waals surface area contributed by atoms with Crippen LogP contribution in [-0.4, -0.2) is 38.1 Å². The van der Waals surface area contributed by atoms with Gasteiger partial charge in [-0.2, -0.15) is 0 Å². The van der Waals surface area contributed by atoms with Crippen LogP contribution >= 0.6 is 11.6 Å². The molecule has 0 aromatic heterocycles. The van der Waals surface area contributed by atoms with Gasteiger partial charge in [0.15, 0.2) is 11.5 Å². The number of aliphatic hydroxyl groups excluding tert-OH is 1. The highest BCUT2D eigenvalue weighted by Gasteiger charge is 2.47. The van der Waals surface area contributed by atoms with E-state index < -0.39 is 23.5 Å². The Morgan fingerprint density at radius 2 is 1.60 bits per heavy atom. The maximum Gasteiger partial charge on any atom is 0.300 e. The molecule has 180 valence electrons. The highest BCUT2D eigenvalue weighted by molar-refractivity contribution is 6.51. The Morgan fingerprint density at radius 1 is 0.914 bits per heavy atom. The van der Waals surface area contributed by atoms with Gasteiger partial charge in [-0.05, 0) is 60.2 Å². The number of nitrogens with zero attached hydrogens (tertiary/aromatic N) is 1. The zero-order chi connectivity index (χ0) is 25.3. The predicted molar refractivity (Wildman–Crippen MR) is 129 cm³/mol. The maximum absolute atomic E-state index is 13.9. The SMILES string of the molecule is COc1ccc(/C(O)=C2\C(=O)C(=O)N(c3ccc(F)c(Cl)c3)C2c2ccc(OC)c(OC)c2)cc1. The summed E-state index contributed by atoms with van der Waals surface area (Å²) in [5.41, 5.74) is 0.809. The third-order valence-electron chi connectivity index (χ3n) is 5.71. The van der Waals surface area contributed by atoms with Crippen LogP contribution in [0.15, 0.2) is 66.2 Å². The van der Waals surface area contributed by atoms with Crippen LogP contribution in [-0.2, 0) is 9.59 Å². The molecule has 1 aliphatic heterocycles. The van der Waals surface area contributed by atoms with E-state index in [-0.39, 0.29) is 22.0 Å². The van der Waals surface area contributed by atoms with Crippen molar-refractivity contribution in [2.24, 2.45) is 0 Å². The van der Waals surface area contributed by atoms with Crippen molar-refractivity contribution >= 4 is 34.7 Å². The molecule has 1 aliphatic rings. The van der Waals surface area contributed by atoms with Crippen LogP contribution in [0.5, 0.6) is 17.2 Å². The fourth-order valence-corrected chi connectivity index (χ4v) is 4.15. The Labute approximate surface area is 205 Å². The van der Waals surface area contributed by atoms with Crippen LogP contribution in [0.25, 0.3) is 5.76 Å². The van der Waals surface area contributed by atoms with Gasteiger partial charge in [-0.25, -0.2) is 4.39 Å². The molecule has 0 spiro atoms. The average Bonchev–Trinajstić information content (AvgIpc) is 3.15. The number of hydrogen-bond acceptors (Lipinski definition) is 6. The van der Waals surface area contributed by atoms with Gasteiger partial charge in [0, 0.05) is 11.3 Å². The number of aliphatic hydroxyl groups is 1. The highest BCUT2D eigenvalue weighted by Crippen LogP contribution is 2.44. The van der Waals surface area contributed by atoms with Gasteiger partial charge in [-0.1, -0.05) is 17.7 Å². The summed E-state index contributed by atoms with van der Waals surface area (Å²) in [7, 11) is 4.44. The Bertz CT molecular complexity index is 1340. The fraction of sp³-hybridized carbons (Fsp3) is 0.154. The van der Waals surface area contributed by atoms with Crippen LogP contribution < -0.4 is 19.1 Å². The molecular weight excluding hydrogens is 477 g/mol. The molecule has 1 N–H and O–H groups in total.